The van der Waals surface area contributed by atoms with Crippen LogP contribution in [0.25, 0.3) is 10.9 Å². The normalized spacial score (nSPS) is 17.0. The first-order chi connectivity index (χ1) is 11.7. The highest BCUT2D eigenvalue weighted by Gasteiger charge is 2.18. The summed E-state index contributed by atoms with van der Waals surface area (Å²) in [6.45, 7) is 11.9. The van der Waals surface area contributed by atoms with Gasteiger partial charge in [-0.05, 0) is 70.3 Å². The zero-order valence-electron chi connectivity index (χ0n) is 15.9. The molecule has 0 bridgehead atoms. The molecule has 132 valence electrons. The van der Waals surface area contributed by atoms with Crippen molar-refractivity contribution in [1.82, 2.24) is 9.47 Å². The number of hydrogen-bond acceptors (Lipinski definition) is 1. The maximum Gasteiger partial charge on any atom is 0.0485 e. The van der Waals surface area contributed by atoms with Crippen molar-refractivity contribution in [2.75, 3.05) is 19.6 Å². The van der Waals surface area contributed by atoms with Crippen LogP contribution in [0.2, 0.25) is 0 Å². The lowest BCUT2D eigenvalue weighted by atomic mass is 9.91. The van der Waals surface area contributed by atoms with Crippen molar-refractivity contribution >= 4 is 10.9 Å². The van der Waals surface area contributed by atoms with Crippen molar-refractivity contribution in [1.29, 1.82) is 0 Å². The summed E-state index contributed by atoms with van der Waals surface area (Å²) < 4.78 is 2.53. The summed E-state index contributed by atoms with van der Waals surface area (Å²) in [5.41, 5.74) is 4.29. The zero-order valence-corrected chi connectivity index (χ0v) is 15.9. The van der Waals surface area contributed by atoms with Crippen LogP contribution in [0.15, 0.2) is 24.3 Å². The molecule has 0 unspecified atom stereocenters. The highest BCUT2D eigenvalue weighted by Crippen LogP contribution is 2.26. The summed E-state index contributed by atoms with van der Waals surface area (Å²) in [7, 11) is 0. The molecule has 0 N–H and O–H groups in total. The number of hydrogen-bond donors (Lipinski definition) is 0. The molecule has 2 heterocycles. The standard InChI is InChI=1S/C22H34N2/c1-4-5-9-20-12-16-23(17-13-20)14-8-15-24-19(3)18(2)21-10-6-7-11-22(21)24/h6-7,10-11,20H,4-5,8-9,12-17H2,1-3H3. The van der Waals surface area contributed by atoms with Gasteiger partial charge in [0.25, 0.3) is 0 Å². The lowest BCUT2D eigenvalue weighted by Crippen LogP contribution is -2.34. The van der Waals surface area contributed by atoms with Crippen LogP contribution >= 0.6 is 0 Å². The molecule has 2 heteroatoms. The molecule has 1 aromatic heterocycles. The maximum atomic E-state index is 2.69. The predicted molar refractivity (Wildman–Crippen MR) is 105 cm³/mol. The van der Waals surface area contributed by atoms with Crippen LogP contribution in [0.3, 0.4) is 0 Å². The number of likely N-dealkylation sites (tertiary alicyclic amines) is 1. The molecular formula is C22H34N2. The van der Waals surface area contributed by atoms with Gasteiger partial charge >= 0.3 is 0 Å². The van der Waals surface area contributed by atoms with E-state index in [9.17, 15) is 0 Å². The molecule has 1 aliphatic heterocycles. The molecular weight excluding hydrogens is 292 g/mol. The average Bonchev–Trinajstić information content (AvgIpc) is 2.86. The Morgan fingerprint density at radius 2 is 1.75 bits per heavy atom. The third-order valence-electron chi connectivity index (χ3n) is 6.08. The fourth-order valence-electron chi connectivity index (χ4n) is 4.34. The van der Waals surface area contributed by atoms with E-state index in [1.165, 1.54) is 80.3 Å². The van der Waals surface area contributed by atoms with Crippen molar-refractivity contribution in [3.63, 3.8) is 0 Å². The van der Waals surface area contributed by atoms with Gasteiger partial charge in [0, 0.05) is 23.1 Å². The van der Waals surface area contributed by atoms with E-state index in [-0.39, 0.29) is 0 Å². The fourth-order valence-corrected chi connectivity index (χ4v) is 4.34. The van der Waals surface area contributed by atoms with Crippen LogP contribution in [0.5, 0.6) is 0 Å². The van der Waals surface area contributed by atoms with E-state index in [2.05, 4.69) is 54.5 Å². The third-order valence-corrected chi connectivity index (χ3v) is 6.08. The van der Waals surface area contributed by atoms with Gasteiger partial charge in [-0.15, -0.1) is 0 Å². The van der Waals surface area contributed by atoms with Gasteiger partial charge < -0.3 is 9.47 Å². The number of benzene rings is 1. The molecule has 1 fully saturated rings. The Bertz CT molecular complexity index is 647. The van der Waals surface area contributed by atoms with E-state index < -0.39 is 0 Å². The summed E-state index contributed by atoms with van der Waals surface area (Å²) in [6, 6.07) is 8.85. The van der Waals surface area contributed by atoms with Crippen molar-refractivity contribution in [2.24, 2.45) is 5.92 Å². The molecule has 0 amide bonds. The van der Waals surface area contributed by atoms with Crippen LogP contribution in [0.4, 0.5) is 0 Å². The third kappa shape index (κ3) is 3.85. The van der Waals surface area contributed by atoms with Crippen LogP contribution in [0, 0.1) is 19.8 Å². The molecule has 2 nitrogen and oxygen atoms in total. The number of aryl methyl sites for hydroxylation is 2. The van der Waals surface area contributed by atoms with E-state index in [1.54, 1.807) is 0 Å². The quantitative estimate of drug-likeness (QED) is 0.647. The Morgan fingerprint density at radius 1 is 1.00 bits per heavy atom. The first kappa shape index (κ1) is 17.5. The minimum absolute atomic E-state index is 1.000. The molecule has 1 aliphatic rings. The summed E-state index contributed by atoms with van der Waals surface area (Å²) in [5.74, 6) is 1.000. The number of rotatable bonds is 7. The van der Waals surface area contributed by atoms with Crippen molar-refractivity contribution in [3.05, 3.63) is 35.5 Å². The highest BCUT2D eigenvalue weighted by molar-refractivity contribution is 5.85. The van der Waals surface area contributed by atoms with E-state index in [4.69, 9.17) is 0 Å². The second kappa shape index (κ2) is 8.20. The zero-order chi connectivity index (χ0) is 16.9. The molecule has 0 aliphatic carbocycles. The van der Waals surface area contributed by atoms with Gasteiger partial charge in [0.1, 0.15) is 0 Å². The van der Waals surface area contributed by atoms with Crippen molar-refractivity contribution in [2.45, 2.75) is 65.8 Å². The Morgan fingerprint density at radius 3 is 2.50 bits per heavy atom. The van der Waals surface area contributed by atoms with Gasteiger partial charge in [0.15, 0.2) is 0 Å². The van der Waals surface area contributed by atoms with Crippen LogP contribution < -0.4 is 0 Å². The largest absolute Gasteiger partial charge is 0.345 e. The summed E-state index contributed by atoms with van der Waals surface area (Å²) in [5, 5.41) is 1.42. The number of nitrogens with zero attached hydrogens (tertiary/aromatic N) is 2. The summed E-state index contributed by atoms with van der Waals surface area (Å²) in [4.78, 5) is 2.69. The maximum absolute atomic E-state index is 2.69. The van der Waals surface area contributed by atoms with E-state index >= 15 is 0 Å². The summed E-state index contributed by atoms with van der Waals surface area (Å²) in [6.07, 6.45) is 8.33. The summed E-state index contributed by atoms with van der Waals surface area (Å²) >= 11 is 0. The molecule has 1 saturated heterocycles. The van der Waals surface area contributed by atoms with Crippen molar-refractivity contribution in [3.8, 4) is 0 Å². The lowest BCUT2D eigenvalue weighted by molar-refractivity contribution is 0.174. The van der Waals surface area contributed by atoms with Crippen LogP contribution in [-0.4, -0.2) is 29.1 Å². The average molecular weight is 327 g/mol. The molecule has 3 rings (SSSR count). The van der Waals surface area contributed by atoms with Gasteiger partial charge in [-0.3, -0.25) is 0 Å². The van der Waals surface area contributed by atoms with Crippen LogP contribution in [0.1, 0.15) is 56.7 Å². The van der Waals surface area contributed by atoms with Gasteiger partial charge in [0.05, 0.1) is 0 Å². The highest BCUT2D eigenvalue weighted by atomic mass is 15.1. The SMILES string of the molecule is CCCCC1CCN(CCCn2c(C)c(C)c3ccccc32)CC1. The van der Waals surface area contributed by atoms with Gasteiger partial charge in [-0.2, -0.15) is 0 Å². The van der Waals surface area contributed by atoms with Gasteiger partial charge in [0.2, 0.25) is 0 Å². The first-order valence-corrected chi connectivity index (χ1v) is 9.97. The van der Waals surface area contributed by atoms with Crippen LogP contribution in [-0.2, 0) is 6.54 Å². The monoisotopic (exact) mass is 326 g/mol. The number of fused-ring (bicyclic) bond motifs is 1. The number of piperidine rings is 1. The van der Waals surface area contributed by atoms with E-state index in [0.29, 0.717) is 0 Å². The Kier molecular flexibility index (Phi) is 5.99. The Balaban J connectivity index is 1.50. The second-order valence-electron chi connectivity index (χ2n) is 7.66. The molecule has 1 aromatic carbocycles. The molecule has 0 saturated carbocycles. The topological polar surface area (TPSA) is 8.17 Å². The van der Waals surface area contributed by atoms with Crippen molar-refractivity contribution < 1.29 is 0 Å². The molecule has 2 aromatic rings. The van der Waals surface area contributed by atoms with E-state index in [1.807, 2.05) is 0 Å². The molecule has 0 radical (unpaired) electrons. The molecule has 24 heavy (non-hydrogen) atoms. The Labute approximate surface area is 147 Å². The minimum atomic E-state index is 1.000. The number of unbranched alkanes of at least 4 members (excludes halogenated alkanes) is 1. The molecule has 0 spiro atoms. The predicted octanol–water partition coefficient (Wildman–Crippen LogP) is 5.55. The second-order valence-corrected chi connectivity index (χ2v) is 7.66. The van der Waals surface area contributed by atoms with Gasteiger partial charge in [-0.25, -0.2) is 0 Å². The fraction of sp³-hybridized carbons (Fsp3) is 0.636. The number of para-hydroxylation sites is 1. The minimum Gasteiger partial charge on any atom is -0.345 e. The smallest absolute Gasteiger partial charge is 0.0485 e. The number of aromatic nitrogens is 1. The van der Waals surface area contributed by atoms with Gasteiger partial charge in [-0.1, -0.05) is 44.4 Å². The Hall–Kier alpha value is -1.28. The molecule has 0 atom stereocenters. The lowest BCUT2D eigenvalue weighted by Gasteiger charge is -2.32. The van der Waals surface area contributed by atoms with E-state index in [0.717, 1.165) is 12.5 Å². The first-order valence-electron chi connectivity index (χ1n) is 9.97.